The molecule has 1 fully saturated rings. The Morgan fingerprint density at radius 3 is 2.89 bits per heavy atom. The van der Waals surface area contributed by atoms with Gasteiger partial charge in [0.2, 0.25) is 0 Å². The Kier molecular flexibility index (Phi) is 5.09. The van der Waals surface area contributed by atoms with E-state index in [2.05, 4.69) is 6.08 Å². The molecule has 18 heavy (non-hydrogen) atoms. The van der Waals surface area contributed by atoms with Crippen LogP contribution in [0.2, 0.25) is 5.02 Å². The van der Waals surface area contributed by atoms with Gasteiger partial charge in [-0.2, -0.15) is 0 Å². The topological polar surface area (TPSA) is 29.5 Å². The number of aliphatic hydroxyl groups is 1. The molecular formula is C15H19ClO2. The lowest BCUT2D eigenvalue weighted by molar-refractivity contribution is 0.144. The van der Waals surface area contributed by atoms with Crippen molar-refractivity contribution in [2.45, 2.75) is 31.8 Å². The molecule has 0 saturated heterocycles. The smallest absolute Gasteiger partial charge is 0.120 e. The van der Waals surface area contributed by atoms with E-state index in [9.17, 15) is 5.11 Å². The van der Waals surface area contributed by atoms with Crippen molar-refractivity contribution >= 4 is 11.6 Å². The van der Waals surface area contributed by atoms with Crippen LogP contribution in [-0.2, 0) is 0 Å². The van der Waals surface area contributed by atoms with Gasteiger partial charge in [0.25, 0.3) is 0 Å². The molecule has 0 radical (unpaired) electrons. The fourth-order valence-corrected chi connectivity index (χ4v) is 2.41. The van der Waals surface area contributed by atoms with Gasteiger partial charge in [0.15, 0.2) is 0 Å². The molecule has 1 atom stereocenters. The third kappa shape index (κ3) is 4.35. The first-order valence-electron chi connectivity index (χ1n) is 6.49. The first kappa shape index (κ1) is 13.4. The summed E-state index contributed by atoms with van der Waals surface area (Å²) in [4.78, 5) is 0. The van der Waals surface area contributed by atoms with Crippen LogP contribution in [-0.4, -0.2) is 17.8 Å². The van der Waals surface area contributed by atoms with Crippen LogP contribution in [0.4, 0.5) is 0 Å². The molecule has 1 aromatic carbocycles. The van der Waals surface area contributed by atoms with Crippen LogP contribution in [0.15, 0.2) is 36.4 Å². The maximum Gasteiger partial charge on any atom is 0.120 e. The standard InChI is InChI=1S/C15H19ClO2/c16-13-6-3-7-15(10-13)18-11-14(17)9-8-12-4-1-2-5-12/h3,6-10,12,14,17H,1-2,4-5,11H2/b9-8+. The fraction of sp³-hybridized carbons (Fsp3) is 0.467. The average molecular weight is 267 g/mol. The van der Waals surface area contributed by atoms with Crippen LogP contribution >= 0.6 is 11.6 Å². The molecule has 1 aromatic rings. The van der Waals surface area contributed by atoms with Gasteiger partial charge < -0.3 is 9.84 Å². The Morgan fingerprint density at radius 1 is 1.39 bits per heavy atom. The number of allylic oxidation sites excluding steroid dienone is 1. The SMILES string of the molecule is OC(/C=C/C1CCCC1)COc1cccc(Cl)c1. The molecule has 0 spiro atoms. The second-order valence-corrected chi connectivity index (χ2v) is 5.20. The maximum absolute atomic E-state index is 9.80. The minimum atomic E-state index is -0.551. The zero-order chi connectivity index (χ0) is 12.8. The molecule has 1 N–H and O–H groups in total. The second-order valence-electron chi connectivity index (χ2n) is 4.77. The summed E-state index contributed by atoms with van der Waals surface area (Å²) in [5, 5.41) is 10.4. The lowest BCUT2D eigenvalue weighted by atomic mass is 10.1. The predicted octanol–water partition coefficient (Wildman–Crippen LogP) is 3.83. The van der Waals surface area contributed by atoms with Gasteiger partial charge in [-0.05, 0) is 37.0 Å². The Labute approximate surface area is 113 Å². The Hall–Kier alpha value is -0.990. The molecule has 98 valence electrons. The summed E-state index contributed by atoms with van der Waals surface area (Å²) in [5.74, 6) is 1.33. The molecule has 1 aliphatic rings. The molecule has 0 bridgehead atoms. The predicted molar refractivity (Wildman–Crippen MR) is 74.1 cm³/mol. The summed E-state index contributed by atoms with van der Waals surface area (Å²) >= 11 is 5.85. The van der Waals surface area contributed by atoms with Crippen molar-refractivity contribution in [1.82, 2.24) is 0 Å². The molecular weight excluding hydrogens is 248 g/mol. The van der Waals surface area contributed by atoms with Crippen LogP contribution in [0.3, 0.4) is 0 Å². The third-order valence-electron chi connectivity index (χ3n) is 3.22. The molecule has 1 unspecified atom stereocenters. The van der Waals surface area contributed by atoms with Gasteiger partial charge in [0, 0.05) is 5.02 Å². The Balaban J connectivity index is 1.75. The van der Waals surface area contributed by atoms with E-state index in [-0.39, 0.29) is 6.61 Å². The van der Waals surface area contributed by atoms with Gasteiger partial charge in [0.1, 0.15) is 18.5 Å². The van der Waals surface area contributed by atoms with Crippen LogP contribution in [0, 0.1) is 5.92 Å². The van der Waals surface area contributed by atoms with Crippen LogP contribution in [0.5, 0.6) is 5.75 Å². The fourth-order valence-electron chi connectivity index (χ4n) is 2.23. The number of rotatable bonds is 5. The van der Waals surface area contributed by atoms with E-state index >= 15 is 0 Å². The molecule has 1 aliphatic carbocycles. The highest BCUT2D eigenvalue weighted by Crippen LogP contribution is 2.25. The highest BCUT2D eigenvalue weighted by atomic mass is 35.5. The molecule has 0 heterocycles. The van der Waals surface area contributed by atoms with Crippen LogP contribution < -0.4 is 4.74 Å². The van der Waals surface area contributed by atoms with Crippen molar-refractivity contribution in [2.24, 2.45) is 5.92 Å². The lowest BCUT2D eigenvalue weighted by Gasteiger charge is -2.10. The third-order valence-corrected chi connectivity index (χ3v) is 3.46. The van der Waals surface area contributed by atoms with Gasteiger partial charge in [-0.3, -0.25) is 0 Å². The van der Waals surface area contributed by atoms with Gasteiger partial charge in [0.05, 0.1) is 0 Å². The van der Waals surface area contributed by atoms with Crippen LogP contribution in [0.1, 0.15) is 25.7 Å². The summed E-state index contributed by atoms with van der Waals surface area (Å²) in [6.45, 7) is 0.267. The zero-order valence-electron chi connectivity index (χ0n) is 10.4. The monoisotopic (exact) mass is 266 g/mol. The minimum Gasteiger partial charge on any atom is -0.491 e. The maximum atomic E-state index is 9.80. The summed E-state index contributed by atoms with van der Waals surface area (Å²) in [6.07, 6.45) is 8.54. The quantitative estimate of drug-likeness (QED) is 0.821. The number of aliphatic hydroxyl groups excluding tert-OH is 1. The summed E-state index contributed by atoms with van der Waals surface area (Å²) in [6, 6.07) is 7.21. The van der Waals surface area contributed by atoms with Crippen molar-refractivity contribution in [2.75, 3.05) is 6.61 Å². The van der Waals surface area contributed by atoms with Gasteiger partial charge >= 0.3 is 0 Å². The number of hydrogen-bond acceptors (Lipinski definition) is 2. The van der Waals surface area contributed by atoms with Crippen molar-refractivity contribution in [3.05, 3.63) is 41.4 Å². The second kappa shape index (κ2) is 6.81. The van der Waals surface area contributed by atoms with Crippen molar-refractivity contribution in [1.29, 1.82) is 0 Å². The minimum absolute atomic E-state index is 0.267. The van der Waals surface area contributed by atoms with Gasteiger partial charge in [-0.1, -0.05) is 42.7 Å². The van der Waals surface area contributed by atoms with E-state index in [4.69, 9.17) is 16.3 Å². The van der Waals surface area contributed by atoms with E-state index in [1.807, 2.05) is 18.2 Å². The first-order valence-corrected chi connectivity index (χ1v) is 6.86. The normalized spacial score (nSPS) is 18.3. The van der Waals surface area contributed by atoms with Crippen molar-refractivity contribution in [3.63, 3.8) is 0 Å². The zero-order valence-corrected chi connectivity index (χ0v) is 11.1. The highest BCUT2D eigenvalue weighted by molar-refractivity contribution is 6.30. The van der Waals surface area contributed by atoms with Gasteiger partial charge in [-0.15, -0.1) is 0 Å². The van der Waals surface area contributed by atoms with E-state index in [1.165, 1.54) is 25.7 Å². The van der Waals surface area contributed by atoms with Crippen molar-refractivity contribution < 1.29 is 9.84 Å². The molecule has 1 saturated carbocycles. The molecule has 0 amide bonds. The van der Waals surface area contributed by atoms with E-state index in [0.717, 1.165) is 0 Å². The largest absolute Gasteiger partial charge is 0.491 e. The van der Waals surface area contributed by atoms with Crippen LogP contribution in [0.25, 0.3) is 0 Å². The Morgan fingerprint density at radius 2 is 2.17 bits per heavy atom. The molecule has 2 rings (SSSR count). The molecule has 0 aliphatic heterocycles. The molecule has 0 aromatic heterocycles. The number of ether oxygens (including phenoxy) is 1. The number of hydrogen-bond donors (Lipinski definition) is 1. The van der Waals surface area contributed by atoms with E-state index < -0.39 is 6.10 Å². The first-order chi connectivity index (χ1) is 8.74. The van der Waals surface area contributed by atoms with Crippen molar-refractivity contribution in [3.8, 4) is 5.75 Å². The Bertz CT molecular complexity index is 397. The lowest BCUT2D eigenvalue weighted by Crippen LogP contribution is -2.15. The van der Waals surface area contributed by atoms with E-state index in [1.54, 1.807) is 12.1 Å². The average Bonchev–Trinajstić information content (AvgIpc) is 2.87. The highest BCUT2D eigenvalue weighted by Gasteiger charge is 2.12. The summed E-state index contributed by atoms with van der Waals surface area (Å²) < 4.78 is 5.48. The molecule has 2 nitrogen and oxygen atoms in total. The molecule has 3 heteroatoms. The number of benzene rings is 1. The summed E-state index contributed by atoms with van der Waals surface area (Å²) in [7, 11) is 0. The van der Waals surface area contributed by atoms with Gasteiger partial charge in [-0.25, -0.2) is 0 Å². The van der Waals surface area contributed by atoms with E-state index in [0.29, 0.717) is 16.7 Å². The summed E-state index contributed by atoms with van der Waals surface area (Å²) in [5.41, 5.74) is 0. The number of halogens is 1.